The molecule has 120 valence electrons. The minimum absolute atomic E-state index is 0.0507. The zero-order chi connectivity index (χ0) is 16.6. The van der Waals surface area contributed by atoms with Crippen molar-refractivity contribution in [3.05, 3.63) is 28.2 Å². The highest BCUT2D eigenvalue weighted by atomic mass is 79.9. The summed E-state index contributed by atoms with van der Waals surface area (Å²) in [6, 6.07) is 5.80. The molecule has 22 heavy (non-hydrogen) atoms. The Balaban J connectivity index is 2.43. The van der Waals surface area contributed by atoms with Gasteiger partial charge in [-0.25, -0.2) is 0 Å². The highest BCUT2D eigenvalue weighted by molar-refractivity contribution is 9.10. The zero-order valence-electron chi connectivity index (χ0n) is 13.3. The first-order valence-corrected chi connectivity index (χ1v) is 7.97. The maximum atomic E-state index is 11.7. The second kappa shape index (κ2) is 8.82. The lowest BCUT2D eigenvalue weighted by Gasteiger charge is -2.18. The molecule has 0 saturated heterocycles. The number of terminal acetylenes is 1. The maximum absolute atomic E-state index is 11.7. The van der Waals surface area contributed by atoms with E-state index in [0.29, 0.717) is 19.6 Å². The van der Waals surface area contributed by atoms with Crippen LogP contribution < -0.4 is 15.4 Å². The maximum Gasteiger partial charge on any atom is 0.225 e. The van der Waals surface area contributed by atoms with Gasteiger partial charge >= 0.3 is 0 Å². The summed E-state index contributed by atoms with van der Waals surface area (Å²) in [4.78, 5) is 11.7. The second-order valence-electron chi connectivity index (χ2n) is 5.93. The van der Waals surface area contributed by atoms with Gasteiger partial charge in [-0.15, -0.1) is 6.42 Å². The van der Waals surface area contributed by atoms with Gasteiger partial charge in [0.15, 0.2) is 0 Å². The molecule has 1 aromatic carbocycles. The fraction of sp³-hybridized carbons (Fsp3) is 0.471. The quantitative estimate of drug-likeness (QED) is 0.576. The van der Waals surface area contributed by atoms with Crippen molar-refractivity contribution >= 4 is 21.8 Å². The SMILES string of the molecule is C#CCOc1ccc(Br)cc1CNCCNC(=O)C(C)(C)C. The van der Waals surface area contributed by atoms with Gasteiger partial charge < -0.3 is 15.4 Å². The van der Waals surface area contributed by atoms with Gasteiger partial charge in [-0.05, 0) is 18.2 Å². The summed E-state index contributed by atoms with van der Waals surface area (Å²) in [5, 5.41) is 6.19. The van der Waals surface area contributed by atoms with E-state index in [9.17, 15) is 4.79 Å². The Morgan fingerprint density at radius 3 is 2.73 bits per heavy atom. The van der Waals surface area contributed by atoms with Gasteiger partial charge in [0.1, 0.15) is 12.4 Å². The van der Waals surface area contributed by atoms with E-state index in [2.05, 4.69) is 32.5 Å². The monoisotopic (exact) mass is 366 g/mol. The average Bonchev–Trinajstić information content (AvgIpc) is 2.44. The number of carbonyl (C=O) groups is 1. The standard InChI is InChI=1S/C17H23BrN2O2/c1-5-10-22-15-7-6-14(18)11-13(15)12-19-8-9-20-16(21)17(2,3)4/h1,6-7,11,19H,8-10,12H2,2-4H3,(H,20,21). The molecule has 0 saturated carbocycles. The number of rotatable bonds is 7. The summed E-state index contributed by atoms with van der Waals surface area (Å²) in [5.41, 5.74) is 0.660. The Morgan fingerprint density at radius 2 is 2.09 bits per heavy atom. The molecule has 0 heterocycles. The minimum atomic E-state index is -0.361. The van der Waals surface area contributed by atoms with E-state index < -0.39 is 0 Å². The number of ether oxygens (including phenoxy) is 1. The minimum Gasteiger partial charge on any atom is -0.481 e. The Labute approximate surface area is 141 Å². The number of hydrogen-bond acceptors (Lipinski definition) is 3. The van der Waals surface area contributed by atoms with Gasteiger partial charge in [-0.3, -0.25) is 4.79 Å². The molecule has 0 fully saturated rings. The molecular formula is C17H23BrN2O2. The van der Waals surface area contributed by atoms with Crippen LogP contribution in [-0.2, 0) is 11.3 Å². The molecule has 1 aromatic rings. The number of amides is 1. The molecule has 1 amide bonds. The zero-order valence-corrected chi connectivity index (χ0v) is 14.9. The third kappa shape index (κ3) is 6.50. The smallest absolute Gasteiger partial charge is 0.225 e. The highest BCUT2D eigenvalue weighted by Crippen LogP contribution is 2.23. The third-order valence-electron chi connectivity index (χ3n) is 2.92. The molecule has 0 radical (unpaired) electrons. The fourth-order valence-corrected chi connectivity index (χ4v) is 2.11. The summed E-state index contributed by atoms with van der Waals surface area (Å²) < 4.78 is 6.50. The highest BCUT2D eigenvalue weighted by Gasteiger charge is 2.20. The molecule has 1 rings (SSSR count). The Hall–Kier alpha value is -1.51. The first-order valence-electron chi connectivity index (χ1n) is 7.18. The molecule has 0 aromatic heterocycles. The summed E-state index contributed by atoms with van der Waals surface area (Å²) in [7, 11) is 0. The molecule has 0 aliphatic rings. The van der Waals surface area contributed by atoms with E-state index in [1.54, 1.807) is 0 Å². The van der Waals surface area contributed by atoms with Crippen LogP contribution in [0, 0.1) is 17.8 Å². The lowest BCUT2D eigenvalue weighted by molar-refractivity contribution is -0.128. The lowest BCUT2D eigenvalue weighted by atomic mass is 9.96. The van der Waals surface area contributed by atoms with E-state index in [4.69, 9.17) is 11.2 Å². The molecular weight excluding hydrogens is 344 g/mol. The molecule has 0 spiro atoms. The van der Waals surface area contributed by atoms with Crippen LogP contribution >= 0.6 is 15.9 Å². The largest absolute Gasteiger partial charge is 0.481 e. The molecule has 0 bridgehead atoms. The Bertz CT molecular complexity index is 545. The van der Waals surface area contributed by atoms with E-state index in [0.717, 1.165) is 15.8 Å². The van der Waals surface area contributed by atoms with Gasteiger partial charge in [0.05, 0.1) is 0 Å². The Kier molecular flexibility index (Phi) is 7.43. The summed E-state index contributed by atoms with van der Waals surface area (Å²) in [5.74, 6) is 3.28. The number of hydrogen-bond donors (Lipinski definition) is 2. The first-order chi connectivity index (χ1) is 10.3. The normalized spacial score (nSPS) is 10.9. The number of benzene rings is 1. The summed E-state index contributed by atoms with van der Waals surface area (Å²) >= 11 is 3.45. The van der Waals surface area contributed by atoms with Crippen LogP contribution in [0.25, 0.3) is 0 Å². The molecule has 0 aliphatic heterocycles. The molecule has 2 N–H and O–H groups in total. The van der Waals surface area contributed by atoms with Crippen LogP contribution in [0.15, 0.2) is 22.7 Å². The molecule has 0 unspecified atom stereocenters. The fourth-order valence-electron chi connectivity index (χ4n) is 1.70. The van der Waals surface area contributed by atoms with E-state index in [1.165, 1.54) is 0 Å². The van der Waals surface area contributed by atoms with E-state index in [-0.39, 0.29) is 17.9 Å². The van der Waals surface area contributed by atoms with Crippen molar-refractivity contribution in [1.82, 2.24) is 10.6 Å². The molecule has 0 aliphatic carbocycles. The van der Waals surface area contributed by atoms with Crippen molar-refractivity contribution in [1.29, 1.82) is 0 Å². The van der Waals surface area contributed by atoms with Crippen LogP contribution in [-0.4, -0.2) is 25.6 Å². The van der Waals surface area contributed by atoms with Crippen molar-refractivity contribution in [3.63, 3.8) is 0 Å². The van der Waals surface area contributed by atoms with Crippen LogP contribution in [0.1, 0.15) is 26.3 Å². The second-order valence-corrected chi connectivity index (χ2v) is 6.84. The van der Waals surface area contributed by atoms with Gasteiger partial charge in [-0.2, -0.15) is 0 Å². The van der Waals surface area contributed by atoms with Gasteiger partial charge in [0.2, 0.25) is 5.91 Å². The van der Waals surface area contributed by atoms with Crippen LogP contribution in [0.2, 0.25) is 0 Å². The predicted octanol–water partition coefficient (Wildman–Crippen LogP) is 2.71. The van der Waals surface area contributed by atoms with Gasteiger partial charge in [0, 0.05) is 35.1 Å². The van der Waals surface area contributed by atoms with Gasteiger partial charge in [-0.1, -0.05) is 42.6 Å². The summed E-state index contributed by atoms with van der Waals surface area (Å²) in [6.07, 6.45) is 5.22. The summed E-state index contributed by atoms with van der Waals surface area (Å²) in [6.45, 7) is 7.85. The average molecular weight is 367 g/mol. The van der Waals surface area contributed by atoms with E-state index in [1.807, 2.05) is 39.0 Å². The van der Waals surface area contributed by atoms with Crippen molar-refractivity contribution in [3.8, 4) is 18.1 Å². The van der Waals surface area contributed by atoms with Crippen molar-refractivity contribution in [2.24, 2.45) is 5.41 Å². The predicted molar refractivity (Wildman–Crippen MR) is 92.6 cm³/mol. The first kappa shape index (κ1) is 18.5. The Morgan fingerprint density at radius 1 is 1.36 bits per heavy atom. The molecule has 0 atom stereocenters. The number of carbonyl (C=O) groups excluding carboxylic acids is 1. The lowest BCUT2D eigenvalue weighted by Crippen LogP contribution is -2.38. The van der Waals surface area contributed by atoms with Crippen molar-refractivity contribution < 1.29 is 9.53 Å². The molecule has 5 heteroatoms. The topological polar surface area (TPSA) is 50.4 Å². The molecule has 4 nitrogen and oxygen atoms in total. The number of nitrogens with one attached hydrogen (secondary N) is 2. The number of halogens is 1. The van der Waals surface area contributed by atoms with E-state index >= 15 is 0 Å². The van der Waals surface area contributed by atoms with Crippen LogP contribution in [0.4, 0.5) is 0 Å². The van der Waals surface area contributed by atoms with Gasteiger partial charge in [0.25, 0.3) is 0 Å². The van der Waals surface area contributed by atoms with Crippen molar-refractivity contribution in [2.75, 3.05) is 19.7 Å². The van der Waals surface area contributed by atoms with Crippen LogP contribution in [0.3, 0.4) is 0 Å². The third-order valence-corrected chi connectivity index (χ3v) is 3.41. The van der Waals surface area contributed by atoms with Crippen LogP contribution in [0.5, 0.6) is 5.75 Å². The van der Waals surface area contributed by atoms with Crippen molar-refractivity contribution in [2.45, 2.75) is 27.3 Å².